The van der Waals surface area contributed by atoms with Crippen molar-refractivity contribution < 1.29 is 4.79 Å². The first kappa shape index (κ1) is 12.4. The van der Waals surface area contributed by atoms with Crippen molar-refractivity contribution in [2.45, 2.75) is 20.8 Å². The van der Waals surface area contributed by atoms with Crippen molar-refractivity contribution in [2.24, 2.45) is 5.92 Å². The molecule has 0 radical (unpaired) electrons. The molecular weight excluding hydrogens is 202 g/mol. The molecule has 0 atom stereocenters. The van der Waals surface area contributed by atoms with Crippen LogP contribution in [0.3, 0.4) is 0 Å². The van der Waals surface area contributed by atoms with E-state index in [1.54, 1.807) is 6.07 Å². The number of rotatable bonds is 3. The van der Waals surface area contributed by atoms with Crippen LogP contribution in [0.5, 0.6) is 0 Å². The molecule has 16 heavy (non-hydrogen) atoms. The third-order valence-corrected chi connectivity index (χ3v) is 2.13. The SMILES string of the molecule is Cc1ccc(NC(=O)NCC(C)C)c(N)c1. The van der Waals surface area contributed by atoms with Gasteiger partial charge < -0.3 is 16.4 Å². The zero-order chi connectivity index (χ0) is 12.1. The molecule has 0 saturated heterocycles. The van der Waals surface area contributed by atoms with E-state index in [0.29, 0.717) is 23.8 Å². The Kier molecular flexibility index (Phi) is 4.17. The molecule has 1 rings (SSSR count). The molecule has 4 heteroatoms. The number of benzene rings is 1. The van der Waals surface area contributed by atoms with Crippen LogP contribution in [-0.4, -0.2) is 12.6 Å². The number of hydrogen-bond donors (Lipinski definition) is 3. The van der Waals surface area contributed by atoms with Gasteiger partial charge in [-0.1, -0.05) is 19.9 Å². The van der Waals surface area contributed by atoms with Crippen LogP contribution in [0.2, 0.25) is 0 Å². The molecule has 0 saturated carbocycles. The Labute approximate surface area is 96.2 Å². The van der Waals surface area contributed by atoms with Crippen molar-refractivity contribution in [3.8, 4) is 0 Å². The number of urea groups is 1. The largest absolute Gasteiger partial charge is 0.397 e. The van der Waals surface area contributed by atoms with E-state index in [4.69, 9.17) is 5.73 Å². The summed E-state index contributed by atoms with van der Waals surface area (Å²) in [5.74, 6) is 0.432. The molecule has 0 heterocycles. The fraction of sp³-hybridized carbons (Fsp3) is 0.417. The number of nitrogens with two attached hydrogens (primary N) is 1. The predicted molar refractivity (Wildman–Crippen MR) is 67.5 cm³/mol. The molecule has 0 spiro atoms. The number of aryl methyl sites for hydroxylation is 1. The van der Waals surface area contributed by atoms with Crippen LogP contribution in [0.15, 0.2) is 18.2 Å². The van der Waals surface area contributed by atoms with Crippen molar-refractivity contribution >= 4 is 17.4 Å². The van der Waals surface area contributed by atoms with Crippen molar-refractivity contribution in [1.29, 1.82) is 0 Å². The molecule has 1 aromatic carbocycles. The number of carbonyl (C=O) groups excluding carboxylic acids is 1. The maximum absolute atomic E-state index is 11.5. The van der Waals surface area contributed by atoms with Gasteiger partial charge in [0.25, 0.3) is 0 Å². The monoisotopic (exact) mass is 221 g/mol. The van der Waals surface area contributed by atoms with Crippen LogP contribution in [0.1, 0.15) is 19.4 Å². The topological polar surface area (TPSA) is 67.2 Å². The number of anilines is 2. The summed E-state index contributed by atoms with van der Waals surface area (Å²) in [7, 11) is 0. The van der Waals surface area contributed by atoms with Gasteiger partial charge >= 0.3 is 6.03 Å². The minimum atomic E-state index is -0.218. The first-order valence-corrected chi connectivity index (χ1v) is 5.40. The molecule has 0 aromatic heterocycles. The van der Waals surface area contributed by atoms with E-state index in [9.17, 15) is 4.79 Å². The first-order chi connectivity index (χ1) is 7.49. The molecule has 0 aliphatic carbocycles. The molecule has 1 aromatic rings. The van der Waals surface area contributed by atoms with Gasteiger partial charge in [0.05, 0.1) is 11.4 Å². The third-order valence-electron chi connectivity index (χ3n) is 2.13. The second kappa shape index (κ2) is 5.39. The number of nitrogens with one attached hydrogen (secondary N) is 2. The van der Waals surface area contributed by atoms with Gasteiger partial charge in [-0.15, -0.1) is 0 Å². The Morgan fingerprint density at radius 3 is 2.69 bits per heavy atom. The lowest BCUT2D eigenvalue weighted by atomic mass is 10.2. The highest BCUT2D eigenvalue weighted by molar-refractivity contribution is 5.92. The normalized spacial score (nSPS) is 10.2. The van der Waals surface area contributed by atoms with Crippen LogP contribution < -0.4 is 16.4 Å². The fourth-order valence-electron chi connectivity index (χ4n) is 1.26. The van der Waals surface area contributed by atoms with Crippen molar-refractivity contribution in [3.05, 3.63) is 23.8 Å². The highest BCUT2D eigenvalue weighted by Gasteiger charge is 2.04. The van der Waals surface area contributed by atoms with E-state index in [1.165, 1.54) is 0 Å². The van der Waals surface area contributed by atoms with E-state index >= 15 is 0 Å². The number of hydrogen-bond acceptors (Lipinski definition) is 2. The van der Waals surface area contributed by atoms with Gasteiger partial charge in [-0.25, -0.2) is 4.79 Å². The molecule has 0 unspecified atom stereocenters. The van der Waals surface area contributed by atoms with E-state index in [-0.39, 0.29) is 6.03 Å². The maximum atomic E-state index is 11.5. The van der Waals surface area contributed by atoms with Gasteiger partial charge in [0.1, 0.15) is 0 Å². The molecule has 0 aliphatic rings. The standard InChI is InChI=1S/C12H19N3O/c1-8(2)7-14-12(16)15-11-5-4-9(3)6-10(11)13/h4-6,8H,7,13H2,1-3H3,(H2,14,15,16). The van der Waals surface area contributed by atoms with Crippen molar-refractivity contribution in [3.63, 3.8) is 0 Å². The van der Waals surface area contributed by atoms with Gasteiger partial charge in [0.2, 0.25) is 0 Å². The smallest absolute Gasteiger partial charge is 0.319 e. The zero-order valence-corrected chi connectivity index (χ0v) is 10.0. The summed E-state index contributed by atoms with van der Waals surface area (Å²) >= 11 is 0. The van der Waals surface area contributed by atoms with E-state index in [2.05, 4.69) is 10.6 Å². The Balaban J connectivity index is 2.56. The van der Waals surface area contributed by atoms with E-state index in [0.717, 1.165) is 5.56 Å². The molecule has 2 amide bonds. The highest BCUT2D eigenvalue weighted by atomic mass is 16.2. The first-order valence-electron chi connectivity index (χ1n) is 5.40. The van der Waals surface area contributed by atoms with Crippen LogP contribution >= 0.6 is 0 Å². The van der Waals surface area contributed by atoms with E-state index in [1.807, 2.05) is 32.9 Å². The van der Waals surface area contributed by atoms with Crippen LogP contribution in [0.25, 0.3) is 0 Å². The molecule has 4 nitrogen and oxygen atoms in total. The quantitative estimate of drug-likeness (QED) is 0.686. The Bertz CT molecular complexity index is 375. The van der Waals surface area contributed by atoms with Gasteiger partial charge in [0.15, 0.2) is 0 Å². The Morgan fingerprint density at radius 2 is 2.12 bits per heavy atom. The third kappa shape index (κ3) is 3.81. The number of amides is 2. The molecule has 0 fully saturated rings. The summed E-state index contributed by atoms with van der Waals surface area (Å²) < 4.78 is 0. The fourth-order valence-corrected chi connectivity index (χ4v) is 1.26. The minimum Gasteiger partial charge on any atom is -0.397 e. The lowest BCUT2D eigenvalue weighted by Gasteiger charge is -2.11. The van der Waals surface area contributed by atoms with Gasteiger partial charge in [0, 0.05) is 6.54 Å². The second-order valence-electron chi connectivity index (χ2n) is 4.32. The molecule has 88 valence electrons. The van der Waals surface area contributed by atoms with E-state index < -0.39 is 0 Å². The predicted octanol–water partition coefficient (Wildman–Crippen LogP) is 2.35. The second-order valence-corrected chi connectivity index (χ2v) is 4.32. The molecular formula is C12H19N3O. The molecule has 0 aliphatic heterocycles. The average molecular weight is 221 g/mol. The summed E-state index contributed by atoms with van der Waals surface area (Å²) in [5.41, 5.74) is 8.09. The van der Waals surface area contributed by atoms with Gasteiger partial charge in [-0.3, -0.25) is 0 Å². The average Bonchev–Trinajstić information content (AvgIpc) is 2.19. The molecule has 0 bridgehead atoms. The lowest BCUT2D eigenvalue weighted by Crippen LogP contribution is -2.31. The maximum Gasteiger partial charge on any atom is 0.319 e. The van der Waals surface area contributed by atoms with Gasteiger partial charge in [-0.05, 0) is 30.5 Å². The summed E-state index contributed by atoms with van der Waals surface area (Å²) in [6, 6.07) is 5.33. The Hall–Kier alpha value is -1.71. The van der Waals surface area contributed by atoms with Crippen LogP contribution in [-0.2, 0) is 0 Å². The van der Waals surface area contributed by atoms with Gasteiger partial charge in [-0.2, -0.15) is 0 Å². The summed E-state index contributed by atoms with van der Waals surface area (Å²) in [6.07, 6.45) is 0. The summed E-state index contributed by atoms with van der Waals surface area (Å²) in [5, 5.41) is 5.48. The van der Waals surface area contributed by atoms with Crippen molar-refractivity contribution in [1.82, 2.24) is 5.32 Å². The number of nitrogen functional groups attached to an aromatic ring is 1. The molecule has 4 N–H and O–H groups in total. The lowest BCUT2D eigenvalue weighted by molar-refractivity contribution is 0.251. The van der Waals surface area contributed by atoms with Crippen molar-refractivity contribution in [2.75, 3.05) is 17.6 Å². The minimum absolute atomic E-state index is 0.218. The van der Waals surface area contributed by atoms with Crippen LogP contribution in [0.4, 0.5) is 16.2 Å². The Morgan fingerprint density at radius 1 is 1.44 bits per heavy atom. The number of carbonyl (C=O) groups is 1. The summed E-state index contributed by atoms with van der Waals surface area (Å²) in [6.45, 7) is 6.69. The summed E-state index contributed by atoms with van der Waals surface area (Å²) in [4.78, 5) is 11.5. The highest BCUT2D eigenvalue weighted by Crippen LogP contribution is 2.18. The zero-order valence-electron chi connectivity index (χ0n) is 10.0. The van der Waals surface area contributed by atoms with Crippen LogP contribution in [0, 0.1) is 12.8 Å².